The van der Waals surface area contributed by atoms with Gasteiger partial charge in [0.25, 0.3) is 11.6 Å². The lowest BCUT2D eigenvalue weighted by Crippen LogP contribution is -2.39. The number of nitro benzene ring substituents is 1. The third-order valence-corrected chi connectivity index (χ3v) is 4.20. The van der Waals surface area contributed by atoms with Crippen molar-refractivity contribution in [1.82, 2.24) is 0 Å². The molecule has 1 aliphatic heterocycles. The summed E-state index contributed by atoms with van der Waals surface area (Å²) >= 11 is 0. The molecule has 162 valence electrons. The number of para-hydroxylation sites is 1. The molecule has 11 heteroatoms. The van der Waals surface area contributed by atoms with E-state index in [-0.39, 0.29) is 24.9 Å². The van der Waals surface area contributed by atoms with Crippen LogP contribution in [-0.4, -0.2) is 49.3 Å². The Balaban J connectivity index is 1.75. The van der Waals surface area contributed by atoms with Crippen molar-refractivity contribution in [2.24, 2.45) is 0 Å². The molecule has 0 saturated carbocycles. The molecule has 0 fully saturated rings. The molecule has 0 unspecified atom stereocenters. The highest BCUT2D eigenvalue weighted by Gasteiger charge is 2.29. The predicted molar refractivity (Wildman–Crippen MR) is 105 cm³/mol. The molecule has 2 aromatic rings. The number of hydrogen-bond acceptors (Lipinski definition) is 9. The number of carbonyl (C=O) groups is 3. The smallest absolute Gasteiger partial charge is 0.345 e. The van der Waals surface area contributed by atoms with Gasteiger partial charge in [-0.3, -0.25) is 24.6 Å². The molecule has 1 heterocycles. The highest BCUT2D eigenvalue weighted by molar-refractivity contribution is 6.01. The maximum absolute atomic E-state index is 12.7. The van der Waals surface area contributed by atoms with Crippen LogP contribution in [-0.2, 0) is 19.1 Å². The van der Waals surface area contributed by atoms with Gasteiger partial charge < -0.3 is 18.9 Å². The molecule has 3 rings (SSSR count). The third kappa shape index (κ3) is 5.07. The van der Waals surface area contributed by atoms with E-state index in [1.165, 1.54) is 0 Å². The lowest BCUT2D eigenvalue weighted by atomic mass is 10.1. The number of hydrogen-bond donors (Lipinski definition) is 0. The second-order valence-electron chi connectivity index (χ2n) is 6.18. The van der Waals surface area contributed by atoms with Crippen molar-refractivity contribution in [3.05, 3.63) is 58.1 Å². The van der Waals surface area contributed by atoms with Gasteiger partial charge in [-0.05, 0) is 19.1 Å². The van der Waals surface area contributed by atoms with E-state index in [1.54, 1.807) is 37.3 Å². The maximum atomic E-state index is 12.7. The average molecular weight is 430 g/mol. The molecule has 0 atom stereocenters. The second-order valence-corrected chi connectivity index (χ2v) is 6.18. The van der Waals surface area contributed by atoms with E-state index in [1.807, 2.05) is 0 Å². The predicted octanol–water partition coefficient (Wildman–Crippen LogP) is 2.08. The second kappa shape index (κ2) is 9.57. The molecule has 0 radical (unpaired) electrons. The Labute approximate surface area is 176 Å². The molecule has 2 aromatic carbocycles. The molecule has 0 spiro atoms. The third-order valence-electron chi connectivity index (χ3n) is 4.20. The number of rotatable bonds is 8. The van der Waals surface area contributed by atoms with Crippen LogP contribution in [0.15, 0.2) is 42.5 Å². The fourth-order valence-corrected chi connectivity index (χ4v) is 2.80. The molecular formula is C20H18N2O9. The molecule has 31 heavy (non-hydrogen) atoms. The fourth-order valence-electron chi connectivity index (χ4n) is 2.80. The van der Waals surface area contributed by atoms with Crippen LogP contribution in [0.25, 0.3) is 0 Å². The fraction of sp³-hybridized carbons (Fsp3) is 0.250. The maximum Gasteiger partial charge on any atom is 0.345 e. The lowest BCUT2D eigenvalue weighted by Gasteiger charge is -2.21. The van der Waals surface area contributed by atoms with E-state index in [0.29, 0.717) is 5.69 Å². The van der Waals surface area contributed by atoms with Gasteiger partial charge in [-0.15, -0.1) is 0 Å². The number of ether oxygens (including phenoxy) is 4. The normalized spacial score (nSPS) is 11.5. The van der Waals surface area contributed by atoms with E-state index in [9.17, 15) is 24.5 Å². The summed E-state index contributed by atoms with van der Waals surface area (Å²) in [5.41, 5.74) is -0.544. The Morgan fingerprint density at radius 1 is 1.10 bits per heavy atom. The van der Waals surface area contributed by atoms with Crippen LogP contribution in [0.2, 0.25) is 0 Å². The summed E-state index contributed by atoms with van der Waals surface area (Å²) in [4.78, 5) is 48.7. The molecule has 1 aliphatic rings. The van der Waals surface area contributed by atoms with Gasteiger partial charge in [-0.2, -0.15) is 0 Å². The first-order valence-corrected chi connectivity index (χ1v) is 9.17. The van der Waals surface area contributed by atoms with Gasteiger partial charge in [0.15, 0.2) is 18.1 Å². The van der Waals surface area contributed by atoms with Crippen LogP contribution in [0.5, 0.6) is 11.5 Å². The van der Waals surface area contributed by atoms with Gasteiger partial charge >= 0.3 is 11.9 Å². The van der Waals surface area contributed by atoms with Crippen LogP contribution in [0.3, 0.4) is 0 Å². The van der Waals surface area contributed by atoms with Crippen molar-refractivity contribution >= 4 is 29.2 Å². The van der Waals surface area contributed by atoms with E-state index in [0.717, 1.165) is 17.0 Å². The van der Waals surface area contributed by atoms with E-state index < -0.39 is 47.2 Å². The highest BCUT2D eigenvalue weighted by atomic mass is 16.7. The Bertz CT molecular complexity index is 1010. The van der Waals surface area contributed by atoms with E-state index in [4.69, 9.17) is 18.9 Å². The first kappa shape index (κ1) is 21.6. The van der Waals surface area contributed by atoms with Gasteiger partial charge in [0.05, 0.1) is 17.6 Å². The topological polar surface area (TPSA) is 135 Å². The van der Waals surface area contributed by atoms with Gasteiger partial charge in [-0.25, -0.2) is 4.79 Å². The van der Waals surface area contributed by atoms with Gasteiger partial charge in [-0.1, -0.05) is 18.2 Å². The number of anilines is 1. The zero-order chi connectivity index (χ0) is 22.4. The molecule has 0 N–H and O–H groups in total. The minimum atomic E-state index is -1.09. The Morgan fingerprint density at radius 2 is 1.77 bits per heavy atom. The molecule has 0 bridgehead atoms. The average Bonchev–Trinajstić information content (AvgIpc) is 3.23. The molecular weight excluding hydrogens is 412 g/mol. The van der Waals surface area contributed by atoms with Crippen molar-refractivity contribution < 1.29 is 38.3 Å². The molecule has 11 nitrogen and oxygen atoms in total. The Kier molecular flexibility index (Phi) is 6.65. The number of fused-ring (bicyclic) bond motifs is 1. The van der Waals surface area contributed by atoms with Gasteiger partial charge in [0.2, 0.25) is 6.79 Å². The number of nitrogens with zero attached hydrogens (tertiary/aromatic N) is 2. The van der Waals surface area contributed by atoms with E-state index >= 15 is 0 Å². The first-order chi connectivity index (χ1) is 14.9. The van der Waals surface area contributed by atoms with Crippen LogP contribution in [0.4, 0.5) is 11.4 Å². The van der Waals surface area contributed by atoms with Crippen LogP contribution in [0, 0.1) is 10.1 Å². The van der Waals surface area contributed by atoms with Crippen molar-refractivity contribution in [2.45, 2.75) is 6.92 Å². The first-order valence-electron chi connectivity index (χ1n) is 9.17. The summed E-state index contributed by atoms with van der Waals surface area (Å²) in [5, 5.41) is 11.3. The number of carbonyl (C=O) groups excluding carboxylic acids is 3. The van der Waals surface area contributed by atoms with Crippen LogP contribution < -0.4 is 14.4 Å². The summed E-state index contributed by atoms with van der Waals surface area (Å²) in [6.07, 6.45) is 0. The van der Waals surface area contributed by atoms with Crippen molar-refractivity contribution in [1.29, 1.82) is 0 Å². The van der Waals surface area contributed by atoms with E-state index in [2.05, 4.69) is 0 Å². The summed E-state index contributed by atoms with van der Waals surface area (Å²) < 4.78 is 20.1. The Hall–Kier alpha value is -4.15. The standard InChI is InChI=1S/C20H18N2O9/c1-2-28-19(24)10-21(13-6-4-3-5-7-13)18(23)11-29-20(25)14-8-16-17(31-12-30-16)9-15(14)22(26)27/h3-9H,2,10-12H2,1H3. The molecule has 0 aliphatic carbocycles. The van der Waals surface area contributed by atoms with Crippen LogP contribution in [0.1, 0.15) is 17.3 Å². The van der Waals surface area contributed by atoms with Gasteiger partial charge in [0, 0.05) is 11.8 Å². The van der Waals surface area contributed by atoms with Crippen molar-refractivity contribution in [3.8, 4) is 11.5 Å². The minimum absolute atomic E-state index is 0.129. The quantitative estimate of drug-likeness (QED) is 0.350. The largest absolute Gasteiger partial charge is 0.465 e. The zero-order valence-corrected chi connectivity index (χ0v) is 16.4. The number of benzene rings is 2. The zero-order valence-electron chi connectivity index (χ0n) is 16.4. The van der Waals surface area contributed by atoms with Crippen molar-refractivity contribution in [2.75, 3.05) is 31.5 Å². The molecule has 0 saturated heterocycles. The summed E-state index contributed by atoms with van der Waals surface area (Å²) in [7, 11) is 0. The molecule has 0 aromatic heterocycles. The summed E-state index contributed by atoms with van der Waals surface area (Å²) in [5.74, 6) is -2.17. The number of esters is 2. The Morgan fingerprint density at radius 3 is 2.42 bits per heavy atom. The monoisotopic (exact) mass is 430 g/mol. The summed E-state index contributed by atoms with van der Waals surface area (Å²) in [6.45, 7) is 0.492. The SMILES string of the molecule is CCOC(=O)CN(C(=O)COC(=O)c1cc2c(cc1[N+](=O)[O-])OCO2)c1ccccc1. The summed E-state index contributed by atoms with van der Waals surface area (Å²) in [6, 6.07) is 10.4. The number of nitro groups is 1. The molecule has 1 amide bonds. The van der Waals surface area contributed by atoms with Crippen molar-refractivity contribution in [3.63, 3.8) is 0 Å². The minimum Gasteiger partial charge on any atom is -0.465 e. The van der Waals surface area contributed by atoms with Gasteiger partial charge in [0.1, 0.15) is 12.1 Å². The number of amides is 1. The van der Waals surface area contributed by atoms with Crippen LogP contribution >= 0.6 is 0 Å². The lowest BCUT2D eigenvalue weighted by molar-refractivity contribution is -0.385. The highest BCUT2D eigenvalue weighted by Crippen LogP contribution is 2.38.